The summed E-state index contributed by atoms with van der Waals surface area (Å²) in [6.07, 6.45) is 1.45. The minimum atomic E-state index is -0.291. The molecule has 0 spiro atoms. The number of nitrogens with zero attached hydrogens (tertiary/aromatic N) is 1. The van der Waals surface area contributed by atoms with E-state index in [1.165, 1.54) is 12.3 Å². The topological polar surface area (TPSA) is 89.6 Å². The lowest BCUT2D eigenvalue weighted by Gasteiger charge is -2.10. The van der Waals surface area contributed by atoms with Crippen molar-refractivity contribution in [3.63, 3.8) is 0 Å². The van der Waals surface area contributed by atoms with Gasteiger partial charge in [0.25, 0.3) is 11.8 Å². The number of carbonyl (C=O) groups is 2. The van der Waals surface area contributed by atoms with E-state index in [4.69, 9.17) is 9.47 Å². The summed E-state index contributed by atoms with van der Waals surface area (Å²) >= 11 is 0. The first-order chi connectivity index (χ1) is 13.0. The van der Waals surface area contributed by atoms with E-state index < -0.39 is 0 Å². The Balaban J connectivity index is 1.81. The van der Waals surface area contributed by atoms with Gasteiger partial charge in [-0.05, 0) is 42.3 Å². The van der Waals surface area contributed by atoms with Crippen LogP contribution in [0, 0.1) is 5.92 Å². The second-order valence-electron chi connectivity index (χ2n) is 6.31. The summed E-state index contributed by atoms with van der Waals surface area (Å²) in [5, 5.41) is 5.54. The van der Waals surface area contributed by atoms with Crippen LogP contribution in [0.4, 0.5) is 0 Å². The van der Waals surface area contributed by atoms with Crippen LogP contribution in [-0.2, 0) is 0 Å². The number of nitrogens with one attached hydrogen (secondary N) is 2. The molecule has 0 bridgehead atoms. The van der Waals surface area contributed by atoms with Crippen molar-refractivity contribution in [3.8, 4) is 11.5 Å². The second kappa shape index (κ2) is 10.2. The first kappa shape index (κ1) is 20.2. The smallest absolute Gasteiger partial charge is 0.269 e. The van der Waals surface area contributed by atoms with Crippen LogP contribution in [0.25, 0.3) is 0 Å². The molecule has 1 heterocycles. The zero-order valence-corrected chi connectivity index (χ0v) is 15.8. The van der Waals surface area contributed by atoms with E-state index in [1.54, 1.807) is 37.4 Å². The van der Waals surface area contributed by atoms with Gasteiger partial charge < -0.3 is 20.1 Å². The maximum absolute atomic E-state index is 12.2. The number of pyridine rings is 1. The predicted molar refractivity (Wildman–Crippen MR) is 102 cm³/mol. The Morgan fingerprint density at radius 3 is 2.41 bits per heavy atom. The molecule has 2 amide bonds. The number of hydrogen-bond acceptors (Lipinski definition) is 5. The molecule has 0 atom stereocenters. The second-order valence-corrected chi connectivity index (χ2v) is 6.31. The summed E-state index contributed by atoms with van der Waals surface area (Å²) in [5.41, 5.74) is 0.599. The fourth-order valence-corrected chi connectivity index (χ4v) is 2.19. The average Bonchev–Trinajstić information content (AvgIpc) is 2.69. The number of carbonyl (C=O) groups excluding carboxylic acids is 2. The minimum Gasteiger partial charge on any atom is -0.497 e. The Labute approximate surface area is 159 Å². The van der Waals surface area contributed by atoms with Crippen LogP contribution in [0.15, 0.2) is 42.6 Å². The molecule has 27 heavy (non-hydrogen) atoms. The van der Waals surface area contributed by atoms with Gasteiger partial charge in [0.2, 0.25) is 0 Å². The van der Waals surface area contributed by atoms with Crippen molar-refractivity contribution in [2.24, 2.45) is 5.92 Å². The number of ether oxygens (including phenoxy) is 2. The quantitative estimate of drug-likeness (QED) is 0.660. The molecule has 0 aliphatic carbocycles. The number of hydrogen-bond donors (Lipinski definition) is 2. The summed E-state index contributed by atoms with van der Waals surface area (Å²) < 4.78 is 10.6. The van der Waals surface area contributed by atoms with E-state index >= 15 is 0 Å². The van der Waals surface area contributed by atoms with Gasteiger partial charge in [0.15, 0.2) is 0 Å². The van der Waals surface area contributed by atoms with Crippen molar-refractivity contribution in [2.75, 3.05) is 26.8 Å². The highest BCUT2D eigenvalue weighted by atomic mass is 16.5. The third-order valence-electron chi connectivity index (χ3n) is 3.64. The molecule has 0 radical (unpaired) electrons. The van der Waals surface area contributed by atoms with E-state index in [0.717, 1.165) is 5.75 Å². The zero-order chi connectivity index (χ0) is 19.6. The van der Waals surface area contributed by atoms with Crippen LogP contribution in [0.1, 0.15) is 34.7 Å². The van der Waals surface area contributed by atoms with Crippen LogP contribution in [0.5, 0.6) is 11.5 Å². The van der Waals surface area contributed by atoms with E-state index in [9.17, 15) is 9.59 Å². The molecule has 0 aliphatic heterocycles. The number of amides is 2. The van der Waals surface area contributed by atoms with Gasteiger partial charge in [-0.15, -0.1) is 0 Å². The molecular formula is C20H25N3O4. The van der Waals surface area contributed by atoms with Crippen molar-refractivity contribution in [2.45, 2.75) is 13.8 Å². The molecule has 0 saturated heterocycles. The van der Waals surface area contributed by atoms with Crippen molar-refractivity contribution >= 4 is 11.8 Å². The number of aromatic nitrogens is 1. The standard InChI is InChI=1S/C20H25N3O4/c1-14(2)13-23-20(25)18-12-15(8-9-21-18)19(24)22-10-11-27-17-6-4-16(26-3)5-7-17/h4-9,12,14H,10-11,13H2,1-3H3,(H,22,24)(H,23,25). The summed E-state index contributed by atoms with van der Waals surface area (Å²) in [4.78, 5) is 28.3. The van der Waals surface area contributed by atoms with Crippen molar-refractivity contribution in [1.29, 1.82) is 0 Å². The molecule has 0 fully saturated rings. The van der Waals surface area contributed by atoms with Crippen LogP contribution in [0.2, 0.25) is 0 Å². The molecule has 144 valence electrons. The highest BCUT2D eigenvalue weighted by molar-refractivity contribution is 5.98. The van der Waals surface area contributed by atoms with Crippen molar-refractivity contribution < 1.29 is 19.1 Å². The molecular weight excluding hydrogens is 346 g/mol. The van der Waals surface area contributed by atoms with Gasteiger partial charge in [-0.2, -0.15) is 0 Å². The number of methoxy groups -OCH3 is 1. The fourth-order valence-electron chi connectivity index (χ4n) is 2.19. The summed E-state index contributed by atoms with van der Waals surface area (Å²) in [7, 11) is 1.60. The lowest BCUT2D eigenvalue weighted by Crippen LogP contribution is -2.30. The van der Waals surface area contributed by atoms with E-state index in [0.29, 0.717) is 36.9 Å². The van der Waals surface area contributed by atoms with Gasteiger partial charge in [0.05, 0.1) is 13.7 Å². The highest BCUT2D eigenvalue weighted by Crippen LogP contribution is 2.16. The molecule has 0 saturated carbocycles. The molecule has 7 nitrogen and oxygen atoms in total. The Hall–Kier alpha value is -3.09. The van der Waals surface area contributed by atoms with Gasteiger partial charge in [0, 0.05) is 18.3 Å². The predicted octanol–water partition coefficient (Wildman–Crippen LogP) is 2.28. The molecule has 1 aromatic heterocycles. The van der Waals surface area contributed by atoms with Crippen LogP contribution in [-0.4, -0.2) is 43.6 Å². The number of rotatable bonds is 9. The van der Waals surface area contributed by atoms with Crippen LogP contribution >= 0.6 is 0 Å². The normalized spacial score (nSPS) is 10.4. The van der Waals surface area contributed by atoms with Gasteiger partial charge in [-0.1, -0.05) is 13.8 Å². The summed E-state index contributed by atoms with van der Waals surface area (Å²) in [5.74, 6) is 1.21. The molecule has 2 rings (SSSR count). The van der Waals surface area contributed by atoms with E-state index in [1.807, 2.05) is 13.8 Å². The minimum absolute atomic E-state index is 0.220. The first-order valence-electron chi connectivity index (χ1n) is 8.79. The highest BCUT2D eigenvalue weighted by Gasteiger charge is 2.12. The third-order valence-corrected chi connectivity index (χ3v) is 3.64. The lowest BCUT2D eigenvalue weighted by molar-refractivity contribution is 0.0944. The Bertz CT molecular complexity index is 760. The maximum atomic E-state index is 12.2. The monoisotopic (exact) mass is 371 g/mol. The molecule has 7 heteroatoms. The van der Waals surface area contributed by atoms with Crippen LogP contribution < -0.4 is 20.1 Å². The molecule has 2 N–H and O–H groups in total. The van der Waals surface area contributed by atoms with Gasteiger partial charge >= 0.3 is 0 Å². The lowest BCUT2D eigenvalue weighted by atomic mass is 10.2. The molecule has 2 aromatic rings. The number of benzene rings is 1. The maximum Gasteiger partial charge on any atom is 0.269 e. The average molecular weight is 371 g/mol. The Kier molecular flexibility index (Phi) is 7.61. The van der Waals surface area contributed by atoms with Crippen molar-refractivity contribution in [3.05, 3.63) is 53.9 Å². The van der Waals surface area contributed by atoms with Gasteiger partial charge in [0.1, 0.15) is 23.8 Å². The molecule has 1 aromatic carbocycles. The molecule has 0 aliphatic rings. The summed E-state index contributed by atoms with van der Waals surface area (Å²) in [6, 6.07) is 10.2. The Morgan fingerprint density at radius 1 is 1.04 bits per heavy atom. The Morgan fingerprint density at radius 2 is 1.74 bits per heavy atom. The SMILES string of the molecule is COc1ccc(OCCNC(=O)c2ccnc(C(=O)NCC(C)C)c2)cc1. The molecule has 0 unspecified atom stereocenters. The fraction of sp³-hybridized carbons (Fsp3) is 0.350. The zero-order valence-electron chi connectivity index (χ0n) is 15.8. The van der Waals surface area contributed by atoms with Crippen molar-refractivity contribution in [1.82, 2.24) is 15.6 Å². The van der Waals surface area contributed by atoms with E-state index in [2.05, 4.69) is 15.6 Å². The van der Waals surface area contributed by atoms with Crippen LogP contribution in [0.3, 0.4) is 0 Å². The van der Waals surface area contributed by atoms with E-state index in [-0.39, 0.29) is 17.5 Å². The third kappa shape index (κ3) is 6.62. The van der Waals surface area contributed by atoms with Gasteiger partial charge in [-0.25, -0.2) is 0 Å². The van der Waals surface area contributed by atoms with Gasteiger partial charge in [-0.3, -0.25) is 14.6 Å². The first-order valence-corrected chi connectivity index (χ1v) is 8.79. The summed E-state index contributed by atoms with van der Waals surface area (Å²) in [6.45, 7) is 5.23. The largest absolute Gasteiger partial charge is 0.497 e.